The lowest BCUT2D eigenvalue weighted by Crippen LogP contribution is -2.22. The Bertz CT molecular complexity index is 287. The van der Waals surface area contributed by atoms with Gasteiger partial charge in [-0.15, -0.1) is 0 Å². The molecule has 0 saturated heterocycles. The SMILES string of the molecule is CN(CCO)C1=CCC(=[N+]=[N-])C=C1. The van der Waals surface area contributed by atoms with Crippen molar-refractivity contribution in [1.82, 2.24) is 4.90 Å². The van der Waals surface area contributed by atoms with E-state index in [4.69, 9.17) is 10.6 Å². The smallest absolute Gasteiger partial charge is 0.295 e. The highest BCUT2D eigenvalue weighted by Gasteiger charge is 2.10. The van der Waals surface area contributed by atoms with Crippen LogP contribution in [0, 0.1) is 0 Å². The largest absolute Gasteiger partial charge is 0.395 e. The second-order valence-electron chi connectivity index (χ2n) is 2.90. The van der Waals surface area contributed by atoms with Crippen LogP contribution in [-0.2, 0) is 0 Å². The van der Waals surface area contributed by atoms with E-state index >= 15 is 0 Å². The molecule has 0 saturated carbocycles. The number of aliphatic hydroxyl groups is 1. The Hall–Kier alpha value is -1.38. The van der Waals surface area contributed by atoms with Crippen molar-refractivity contribution in [3.8, 4) is 0 Å². The minimum Gasteiger partial charge on any atom is -0.395 e. The Labute approximate surface area is 77.4 Å². The number of aliphatic hydroxyl groups excluding tert-OH is 1. The van der Waals surface area contributed by atoms with Gasteiger partial charge in [0.25, 0.3) is 5.71 Å². The van der Waals surface area contributed by atoms with Gasteiger partial charge >= 0.3 is 0 Å². The van der Waals surface area contributed by atoms with Crippen molar-refractivity contribution in [2.45, 2.75) is 6.42 Å². The molecule has 0 radical (unpaired) electrons. The third kappa shape index (κ3) is 2.54. The molecule has 0 aliphatic heterocycles. The van der Waals surface area contributed by atoms with Crippen molar-refractivity contribution in [1.29, 1.82) is 0 Å². The Morgan fingerprint density at radius 1 is 1.62 bits per heavy atom. The van der Waals surface area contributed by atoms with Crippen molar-refractivity contribution in [2.75, 3.05) is 20.2 Å². The van der Waals surface area contributed by atoms with Gasteiger partial charge in [0.2, 0.25) is 0 Å². The molecule has 1 N–H and O–H groups in total. The minimum absolute atomic E-state index is 0.141. The van der Waals surface area contributed by atoms with Gasteiger partial charge < -0.3 is 15.5 Å². The van der Waals surface area contributed by atoms with Gasteiger partial charge in [-0.25, -0.2) is 0 Å². The summed E-state index contributed by atoms with van der Waals surface area (Å²) in [4.78, 5) is 5.05. The molecule has 70 valence electrons. The predicted molar refractivity (Wildman–Crippen MR) is 50.2 cm³/mol. The fourth-order valence-electron chi connectivity index (χ4n) is 1.16. The first-order valence-electron chi connectivity index (χ1n) is 4.19. The first-order chi connectivity index (χ1) is 6.27. The van der Waals surface area contributed by atoms with Crippen molar-refractivity contribution in [2.24, 2.45) is 0 Å². The molecule has 13 heavy (non-hydrogen) atoms. The normalized spacial score (nSPS) is 15.2. The zero-order chi connectivity index (χ0) is 9.68. The maximum atomic E-state index is 8.71. The number of rotatable bonds is 3. The van der Waals surface area contributed by atoms with E-state index in [-0.39, 0.29) is 6.61 Å². The van der Waals surface area contributed by atoms with Crippen LogP contribution in [0.1, 0.15) is 6.42 Å². The fraction of sp³-hybridized carbons (Fsp3) is 0.444. The van der Waals surface area contributed by atoms with Gasteiger partial charge in [-0.1, -0.05) is 0 Å². The van der Waals surface area contributed by atoms with Crippen LogP contribution in [0.2, 0.25) is 0 Å². The summed E-state index contributed by atoms with van der Waals surface area (Å²) in [6.07, 6.45) is 6.24. The molecule has 1 aliphatic rings. The molecule has 0 aromatic rings. The van der Waals surface area contributed by atoms with Crippen molar-refractivity contribution in [3.05, 3.63) is 29.5 Å². The van der Waals surface area contributed by atoms with Gasteiger partial charge in [-0.05, 0) is 12.2 Å². The van der Waals surface area contributed by atoms with E-state index in [9.17, 15) is 0 Å². The Morgan fingerprint density at radius 2 is 2.38 bits per heavy atom. The lowest BCUT2D eigenvalue weighted by molar-refractivity contribution is -0.00546. The summed E-state index contributed by atoms with van der Waals surface area (Å²) >= 11 is 0. The lowest BCUT2D eigenvalue weighted by atomic mass is 10.1. The molecular formula is C9H13N3O. The summed E-state index contributed by atoms with van der Waals surface area (Å²) in [6, 6.07) is 0. The third-order valence-electron chi connectivity index (χ3n) is 1.97. The molecule has 1 rings (SSSR count). The number of likely N-dealkylation sites (N-methyl/N-ethyl adjacent to an activating group) is 1. The topological polar surface area (TPSA) is 59.9 Å². The number of allylic oxidation sites excluding steroid dienone is 3. The van der Waals surface area contributed by atoms with E-state index in [1.807, 2.05) is 24.1 Å². The molecule has 0 fully saturated rings. The maximum absolute atomic E-state index is 8.71. The van der Waals surface area contributed by atoms with Crippen LogP contribution in [0.15, 0.2) is 23.9 Å². The molecule has 0 atom stereocenters. The first-order valence-corrected chi connectivity index (χ1v) is 4.19. The summed E-state index contributed by atoms with van der Waals surface area (Å²) in [5.41, 5.74) is 10.2. The van der Waals surface area contributed by atoms with Crippen molar-refractivity contribution in [3.63, 3.8) is 0 Å². The lowest BCUT2D eigenvalue weighted by Gasteiger charge is -2.19. The van der Waals surface area contributed by atoms with E-state index in [1.54, 1.807) is 6.08 Å². The average Bonchev–Trinajstić information content (AvgIpc) is 2.18. The highest BCUT2D eigenvalue weighted by Crippen LogP contribution is 2.09. The molecule has 0 bridgehead atoms. The predicted octanol–water partition coefficient (Wildman–Crippen LogP) is 0.425. The summed E-state index contributed by atoms with van der Waals surface area (Å²) < 4.78 is 0. The maximum Gasteiger partial charge on any atom is 0.295 e. The summed E-state index contributed by atoms with van der Waals surface area (Å²) in [6.45, 7) is 0.754. The first kappa shape index (κ1) is 9.71. The van der Waals surface area contributed by atoms with E-state index in [2.05, 4.69) is 4.79 Å². The van der Waals surface area contributed by atoms with Gasteiger partial charge in [0, 0.05) is 25.4 Å². The standard InChI is InChI=1S/C9H13N3O/c1-12(6-7-13)9-4-2-8(11-10)3-5-9/h2,4-5,13H,3,6-7H2,1H3. The minimum atomic E-state index is 0.141. The highest BCUT2D eigenvalue weighted by molar-refractivity contribution is 5.92. The Kier molecular flexibility index (Phi) is 3.43. The van der Waals surface area contributed by atoms with Crippen LogP contribution < -0.4 is 0 Å². The molecule has 0 amide bonds. The van der Waals surface area contributed by atoms with Crippen LogP contribution >= 0.6 is 0 Å². The zero-order valence-corrected chi connectivity index (χ0v) is 7.64. The second-order valence-corrected chi connectivity index (χ2v) is 2.90. The van der Waals surface area contributed by atoms with E-state index in [0.717, 1.165) is 5.70 Å². The molecule has 0 heterocycles. The summed E-state index contributed by atoms with van der Waals surface area (Å²) in [5.74, 6) is 0. The quantitative estimate of drug-likeness (QED) is 0.504. The summed E-state index contributed by atoms with van der Waals surface area (Å²) in [7, 11) is 1.91. The van der Waals surface area contributed by atoms with Gasteiger partial charge in [0.05, 0.1) is 13.0 Å². The number of hydrogen-bond donors (Lipinski definition) is 1. The van der Waals surface area contributed by atoms with Gasteiger partial charge in [0.15, 0.2) is 0 Å². The molecule has 0 aromatic carbocycles. The zero-order valence-electron chi connectivity index (χ0n) is 7.64. The Morgan fingerprint density at radius 3 is 2.85 bits per heavy atom. The van der Waals surface area contributed by atoms with Gasteiger partial charge in [-0.3, -0.25) is 0 Å². The van der Waals surface area contributed by atoms with E-state index < -0.39 is 0 Å². The van der Waals surface area contributed by atoms with Gasteiger partial charge in [0.1, 0.15) is 0 Å². The molecule has 0 aromatic heterocycles. The Balaban J connectivity index is 2.61. The van der Waals surface area contributed by atoms with Crippen molar-refractivity contribution < 1.29 is 9.90 Å². The third-order valence-corrected chi connectivity index (χ3v) is 1.97. The van der Waals surface area contributed by atoms with Crippen LogP contribution in [0.3, 0.4) is 0 Å². The molecule has 4 heteroatoms. The van der Waals surface area contributed by atoms with Crippen LogP contribution in [-0.4, -0.2) is 40.7 Å². The average molecular weight is 179 g/mol. The molecular weight excluding hydrogens is 166 g/mol. The molecule has 0 spiro atoms. The van der Waals surface area contributed by atoms with E-state index in [0.29, 0.717) is 18.7 Å². The fourth-order valence-corrected chi connectivity index (χ4v) is 1.16. The highest BCUT2D eigenvalue weighted by atomic mass is 16.3. The van der Waals surface area contributed by atoms with Crippen LogP contribution in [0.4, 0.5) is 0 Å². The van der Waals surface area contributed by atoms with Crippen molar-refractivity contribution >= 4 is 5.71 Å². The molecule has 4 nitrogen and oxygen atoms in total. The second kappa shape index (κ2) is 4.60. The monoisotopic (exact) mass is 179 g/mol. The van der Waals surface area contributed by atoms with E-state index in [1.165, 1.54) is 0 Å². The number of hydrogen-bond acceptors (Lipinski definition) is 2. The number of nitrogens with zero attached hydrogens (tertiary/aromatic N) is 3. The van der Waals surface area contributed by atoms with Crippen LogP contribution in [0.5, 0.6) is 0 Å². The van der Waals surface area contributed by atoms with Crippen LogP contribution in [0.25, 0.3) is 5.53 Å². The molecule has 0 unspecified atom stereocenters. The molecule has 1 aliphatic carbocycles. The van der Waals surface area contributed by atoms with Gasteiger partial charge in [-0.2, -0.15) is 4.79 Å². The summed E-state index contributed by atoms with van der Waals surface area (Å²) in [5, 5.41) is 8.71.